The van der Waals surface area contributed by atoms with Crippen molar-refractivity contribution >= 4 is 11.8 Å². The van der Waals surface area contributed by atoms with Crippen LogP contribution in [0.4, 0.5) is 4.39 Å². The first-order valence-corrected chi connectivity index (χ1v) is 7.80. The van der Waals surface area contributed by atoms with Gasteiger partial charge in [-0.2, -0.15) is 0 Å². The smallest absolute Gasteiger partial charge is 0.251 e. The second-order valence-electron chi connectivity index (χ2n) is 5.86. The Balaban J connectivity index is 1.59. The SMILES string of the molecule is Cc1nc2n(c1C)CCN(C(=O)CNC(=O)c1cccc(F)c1)C2. The largest absolute Gasteiger partial charge is 0.343 e. The van der Waals surface area contributed by atoms with Gasteiger partial charge in [0, 0.05) is 24.3 Å². The first kappa shape index (κ1) is 16.2. The standard InChI is InChI=1S/C17H19FN4O2/c1-11-12(2)22-7-6-21(10-15(22)20-11)16(23)9-19-17(24)13-4-3-5-14(18)8-13/h3-5,8H,6-7,9-10H2,1-2H3,(H,19,24). The number of hydrogen-bond acceptors (Lipinski definition) is 3. The first-order chi connectivity index (χ1) is 11.5. The van der Waals surface area contributed by atoms with Crippen LogP contribution >= 0.6 is 0 Å². The van der Waals surface area contributed by atoms with Gasteiger partial charge in [-0.25, -0.2) is 9.37 Å². The number of aromatic nitrogens is 2. The lowest BCUT2D eigenvalue weighted by Gasteiger charge is -2.28. The van der Waals surface area contributed by atoms with Gasteiger partial charge in [0.1, 0.15) is 11.6 Å². The molecule has 2 heterocycles. The highest BCUT2D eigenvalue weighted by atomic mass is 19.1. The van der Waals surface area contributed by atoms with Gasteiger partial charge >= 0.3 is 0 Å². The van der Waals surface area contributed by atoms with Crippen LogP contribution in [0, 0.1) is 19.7 Å². The molecule has 0 saturated carbocycles. The molecule has 1 aromatic heterocycles. The van der Waals surface area contributed by atoms with Crippen LogP contribution < -0.4 is 5.32 Å². The van der Waals surface area contributed by atoms with E-state index in [0.29, 0.717) is 19.6 Å². The van der Waals surface area contributed by atoms with Gasteiger partial charge in [-0.05, 0) is 32.0 Å². The maximum Gasteiger partial charge on any atom is 0.251 e. The zero-order chi connectivity index (χ0) is 17.3. The Morgan fingerprint density at radius 2 is 2.08 bits per heavy atom. The molecule has 0 fully saturated rings. The highest BCUT2D eigenvalue weighted by molar-refractivity contribution is 5.96. The third kappa shape index (κ3) is 3.15. The van der Waals surface area contributed by atoms with E-state index in [-0.39, 0.29) is 18.0 Å². The fourth-order valence-corrected chi connectivity index (χ4v) is 2.82. The molecule has 6 nitrogen and oxygen atoms in total. The minimum Gasteiger partial charge on any atom is -0.343 e. The van der Waals surface area contributed by atoms with E-state index in [1.54, 1.807) is 4.90 Å². The summed E-state index contributed by atoms with van der Waals surface area (Å²) >= 11 is 0. The molecule has 1 aromatic carbocycles. The second-order valence-corrected chi connectivity index (χ2v) is 5.86. The van der Waals surface area contributed by atoms with Crippen molar-refractivity contribution in [3.63, 3.8) is 0 Å². The number of nitrogens with one attached hydrogen (secondary N) is 1. The number of fused-ring (bicyclic) bond motifs is 1. The van der Waals surface area contributed by atoms with Crippen molar-refractivity contribution in [2.24, 2.45) is 0 Å². The molecule has 0 aliphatic carbocycles. The third-order valence-corrected chi connectivity index (χ3v) is 4.30. The van der Waals surface area contributed by atoms with Crippen molar-refractivity contribution in [2.45, 2.75) is 26.9 Å². The highest BCUT2D eigenvalue weighted by Crippen LogP contribution is 2.16. The molecule has 0 atom stereocenters. The lowest BCUT2D eigenvalue weighted by molar-refractivity contribution is -0.131. The molecule has 0 saturated heterocycles. The van der Waals surface area contributed by atoms with Gasteiger partial charge in [-0.3, -0.25) is 9.59 Å². The molecule has 1 aliphatic heterocycles. The Hall–Kier alpha value is -2.70. The minimum absolute atomic E-state index is 0.117. The van der Waals surface area contributed by atoms with E-state index in [2.05, 4.69) is 14.9 Å². The molecule has 0 spiro atoms. The number of nitrogens with zero attached hydrogens (tertiary/aromatic N) is 3. The molecular formula is C17H19FN4O2. The molecular weight excluding hydrogens is 311 g/mol. The maximum absolute atomic E-state index is 13.1. The van der Waals surface area contributed by atoms with Crippen molar-refractivity contribution in [1.29, 1.82) is 0 Å². The summed E-state index contributed by atoms with van der Waals surface area (Å²) in [6, 6.07) is 5.37. The Morgan fingerprint density at radius 1 is 1.29 bits per heavy atom. The Kier molecular flexibility index (Phi) is 4.33. The van der Waals surface area contributed by atoms with Crippen LogP contribution in [0.25, 0.3) is 0 Å². The molecule has 0 unspecified atom stereocenters. The quantitative estimate of drug-likeness (QED) is 0.925. The molecule has 3 rings (SSSR count). The molecule has 2 amide bonds. The highest BCUT2D eigenvalue weighted by Gasteiger charge is 2.24. The normalized spacial score (nSPS) is 13.5. The number of rotatable bonds is 3. The summed E-state index contributed by atoms with van der Waals surface area (Å²) in [4.78, 5) is 30.4. The first-order valence-electron chi connectivity index (χ1n) is 7.80. The monoisotopic (exact) mass is 330 g/mol. The van der Waals surface area contributed by atoms with Crippen LogP contribution in [-0.4, -0.2) is 39.4 Å². The van der Waals surface area contributed by atoms with Crippen LogP contribution in [0.5, 0.6) is 0 Å². The molecule has 1 aliphatic rings. The average Bonchev–Trinajstić information content (AvgIpc) is 2.86. The lowest BCUT2D eigenvalue weighted by Crippen LogP contribution is -2.44. The van der Waals surface area contributed by atoms with Gasteiger partial charge in [0.15, 0.2) is 0 Å². The van der Waals surface area contributed by atoms with Crippen molar-refractivity contribution in [3.05, 3.63) is 52.9 Å². The van der Waals surface area contributed by atoms with Crippen molar-refractivity contribution in [3.8, 4) is 0 Å². The van der Waals surface area contributed by atoms with Crippen LogP contribution in [0.15, 0.2) is 24.3 Å². The van der Waals surface area contributed by atoms with Crippen molar-refractivity contribution in [1.82, 2.24) is 19.8 Å². The average molecular weight is 330 g/mol. The van der Waals surface area contributed by atoms with Gasteiger partial charge in [-0.15, -0.1) is 0 Å². The van der Waals surface area contributed by atoms with Gasteiger partial charge in [0.2, 0.25) is 5.91 Å². The predicted octanol–water partition coefficient (Wildman–Crippen LogP) is 1.41. The molecule has 0 radical (unpaired) electrons. The van der Waals surface area contributed by atoms with Crippen LogP contribution in [0.2, 0.25) is 0 Å². The zero-order valence-corrected chi connectivity index (χ0v) is 13.7. The summed E-state index contributed by atoms with van der Waals surface area (Å²) in [6.45, 7) is 5.57. The van der Waals surface area contributed by atoms with Crippen molar-refractivity contribution in [2.75, 3.05) is 13.1 Å². The minimum atomic E-state index is -0.484. The van der Waals surface area contributed by atoms with E-state index in [1.807, 2.05) is 13.8 Å². The number of imidazole rings is 1. The summed E-state index contributed by atoms with van der Waals surface area (Å²) in [5.41, 5.74) is 2.29. The van der Waals surface area contributed by atoms with E-state index in [1.165, 1.54) is 18.2 Å². The number of aryl methyl sites for hydroxylation is 1. The number of halogens is 1. The molecule has 126 valence electrons. The Labute approximate surface area is 139 Å². The number of carbonyl (C=O) groups excluding carboxylic acids is 2. The Morgan fingerprint density at radius 3 is 2.83 bits per heavy atom. The third-order valence-electron chi connectivity index (χ3n) is 4.30. The van der Waals surface area contributed by atoms with E-state index < -0.39 is 11.7 Å². The molecule has 2 aromatic rings. The van der Waals surface area contributed by atoms with E-state index in [4.69, 9.17) is 0 Å². The van der Waals surface area contributed by atoms with E-state index in [9.17, 15) is 14.0 Å². The van der Waals surface area contributed by atoms with Gasteiger partial charge in [0.25, 0.3) is 5.91 Å². The summed E-state index contributed by atoms with van der Waals surface area (Å²) in [5, 5.41) is 2.54. The summed E-state index contributed by atoms with van der Waals surface area (Å²) < 4.78 is 15.2. The zero-order valence-electron chi connectivity index (χ0n) is 13.7. The predicted molar refractivity (Wildman–Crippen MR) is 85.9 cm³/mol. The number of amides is 2. The maximum atomic E-state index is 13.1. The molecule has 1 N–H and O–H groups in total. The van der Waals surface area contributed by atoms with E-state index in [0.717, 1.165) is 23.3 Å². The molecule has 7 heteroatoms. The lowest BCUT2D eigenvalue weighted by atomic mass is 10.2. The summed E-state index contributed by atoms with van der Waals surface area (Å²) in [5.74, 6) is -0.263. The van der Waals surface area contributed by atoms with Crippen LogP contribution in [0.1, 0.15) is 27.6 Å². The fraction of sp³-hybridized carbons (Fsp3) is 0.353. The van der Waals surface area contributed by atoms with Gasteiger partial charge in [0.05, 0.1) is 18.8 Å². The Bertz CT molecular complexity index is 800. The van der Waals surface area contributed by atoms with Crippen LogP contribution in [0.3, 0.4) is 0 Å². The van der Waals surface area contributed by atoms with Gasteiger partial charge in [-0.1, -0.05) is 6.07 Å². The summed E-state index contributed by atoms with van der Waals surface area (Å²) in [6.07, 6.45) is 0. The second kappa shape index (κ2) is 6.43. The summed E-state index contributed by atoms with van der Waals surface area (Å²) in [7, 11) is 0. The van der Waals surface area contributed by atoms with Crippen molar-refractivity contribution < 1.29 is 14.0 Å². The van der Waals surface area contributed by atoms with Crippen LogP contribution in [-0.2, 0) is 17.9 Å². The topological polar surface area (TPSA) is 67.2 Å². The molecule has 0 bridgehead atoms. The van der Waals surface area contributed by atoms with Gasteiger partial charge < -0.3 is 14.8 Å². The number of benzene rings is 1. The fourth-order valence-electron chi connectivity index (χ4n) is 2.82. The molecule has 24 heavy (non-hydrogen) atoms. The van der Waals surface area contributed by atoms with E-state index >= 15 is 0 Å². The number of carbonyl (C=O) groups is 2. The number of hydrogen-bond donors (Lipinski definition) is 1.